The number of rotatable bonds is 7. The largest absolute Gasteiger partial charge is 0.356 e. The van der Waals surface area contributed by atoms with Crippen molar-refractivity contribution in [3.8, 4) is 5.69 Å². The van der Waals surface area contributed by atoms with E-state index in [1.807, 2.05) is 29.4 Å². The number of nitrogens with one attached hydrogen (secondary N) is 2. The maximum absolute atomic E-state index is 4.60. The number of nitrogens with zero attached hydrogens (tertiary/aromatic N) is 3. The van der Waals surface area contributed by atoms with Crippen LogP contribution in [0.2, 0.25) is 0 Å². The molecule has 25 heavy (non-hydrogen) atoms. The number of hydrogen-bond acceptors (Lipinski definition) is 3. The van der Waals surface area contributed by atoms with Crippen molar-refractivity contribution in [3.63, 3.8) is 0 Å². The molecule has 0 radical (unpaired) electrons. The smallest absolute Gasteiger partial charge is 0.191 e. The van der Waals surface area contributed by atoms with E-state index in [1.54, 1.807) is 7.05 Å². The molecule has 2 rings (SSSR count). The van der Waals surface area contributed by atoms with Gasteiger partial charge in [-0.15, -0.1) is 24.0 Å². The van der Waals surface area contributed by atoms with Gasteiger partial charge in [-0.25, -0.2) is 4.68 Å². The molecular weight excluding hydrogens is 445 g/mol. The second-order valence-corrected chi connectivity index (χ2v) is 6.65. The van der Waals surface area contributed by atoms with Gasteiger partial charge in [-0.1, -0.05) is 18.2 Å². The molecular formula is C18H28IN5S. The van der Waals surface area contributed by atoms with Crippen molar-refractivity contribution < 1.29 is 0 Å². The summed E-state index contributed by atoms with van der Waals surface area (Å²) in [6, 6.07) is 10.4. The molecule has 0 saturated carbocycles. The van der Waals surface area contributed by atoms with Gasteiger partial charge in [0.25, 0.3) is 0 Å². The van der Waals surface area contributed by atoms with Crippen molar-refractivity contribution in [2.75, 3.05) is 25.6 Å². The molecule has 0 spiro atoms. The van der Waals surface area contributed by atoms with Gasteiger partial charge in [0.1, 0.15) is 0 Å². The van der Waals surface area contributed by atoms with Crippen molar-refractivity contribution in [3.05, 3.63) is 47.3 Å². The zero-order valence-corrected chi connectivity index (χ0v) is 18.5. The number of benzene rings is 1. The molecule has 0 unspecified atom stereocenters. The quantitative estimate of drug-likeness (QED) is 0.280. The number of thioether (sulfide) groups is 1. The fraction of sp³-hybridized carbons (Fsp3) is 0.444. The van der Waals surface area contributed by atoms with E-state index in [0.29, 0.717) is 6.54 Å². The minimum Gasteiger partial charge on any atom is -0.356 e. The van der Waals surface area contributed by atoms with Crippen LogP contribution in [-0.4, -0.2) is 41.3 Å². The molecule has 0 aliphatic heterocycles. The summed E-state index contributed by atoms with van der Waals surface area (Å²) < 4.78 is 2.00. The molecule has 2 aromatic rings. The maximum Gasteiger partial charge on any atom is 0.191 e. The van der Waals surface area contributed by atoms with E-state index in [0.717, 1.165) is 41.8 Å². The molecule has 0 saturated heterocycles. The molecule has 0 aliphatic rings. The summed E-state index contributed by atoms with van der Waals surface area (Å²) in [5.74, 6) is 1.99. The standard InChI is InChI=1S/C18H27N5S.HI/c1-14-12-15(2)23(22-14)17-9-6-5-8-16(17)13-21-18(19-3)20-10-7-11-24-4;/h5-6,8-9,12H,7,10-11,13H2,1-4H3,(H2,19,20,21);1H. The van der Waals surface area contributed by atoms with Crippen LogP contribution in [0.25, 0.3) is 5.69 Å². The number of aryl methyl sites for hydroxylation is 2. The van der Waals surface area contributed by atoms with E-state index in [2.05, 4.69) is 58.2 Å². The first-order chi connectivity index (χ1) is 11.7. The van der Waals surface area contributed by atoms with Crippen molar-refractivity contribution in [2.24, 2.45) is 4.99 Å². The molecule has 1 heterocycles. The molecule has 7 heteroatoms. The lowest BCUT2D eigenvalue weighted by Crippen LogP contribution is -2.37. The third-order valence-corrected chi connectivity index (χ3v) is 4.41. The number of halogens is 1. The van der Waals surface area contributed by atoms with E-state index >= 15 is 0 Å². The van der Waals surface area contributed by atoms with Crippen LogP contribution in [-0.2, 0) is 6.54 Å². The van der Waals surface area contributed by atoms with Gasteiger partial charge in [0.2, 0.25) is 0 Å². The first-order valence-corrected chi connectivity index (χ1v) is 9.60. The number of aromatic nitrogens is 2. The Morgan fingerprint density at radius 1 is 1.24 bits per heavy atom. The van der Waals surface area contributed by atoms with Gasteiger partial charge in [-0.3, -0.25) is 4.99 Å². The zero-order valence-electron chi connectivity index (χ0n) is 15.4. The van der Waals surface area contributed by atoms with Crippen molar-refractivity contribution >= 4 is 41.7 Å². The summed E-state index contributed by atoms with van der Waals surface area (Å²) in [5, 5.41) is 11.3. The third kappa shape index (κ3) is 6.54. The average Bonchev–Trinajstić information content (AvgIpc) is 2.93. The molecule has 1 aromatic heterocycles. The predicted octanol–water partition coefficient (Wildman–Crippen LogP) is 3.53. The Morgan fingerprint density at radius 2 is 2.00 bits per heavy atom. The topological polar surface area (TPSA) is 54.2 Å². The molecule has 1 aromatic carbocycles. The van der Waals surface area contributed by atoms with Crippen LogP contribution in [0.3, 0.4) is 0 Å². The Bertz CT molecular complexity index is 684. The van der Waals surface area contributed by atoms with E-state index in [-0.39, 0.29) is 24.0 Å². The average molecular weight is 473 g/mol. The molecule has 138 valence electrons. The van der Waals surface area contributed by atoms with Crippen molar-refractivity contribution in [2.45, 2.75) is 26.8 Å². The summed E-state index contributed by atoms with van der Waals surface area (Å²) in [6.07, 6.45) is 3.26. The normalized spacial score (nSPS) is 11.1. The number of para-hydroxylation sites is 1. The second-order valence-electron chi connectivity index (χ2n) is 5.67. The van der Waals surface area contributed by atoms with Crippen LogP contribution in [0.15, 0.2) is 35.3 Å². The van der Waals surface area contributed by atoms with Gasteiger partial charge in [0.15, 0.2) is 5.96 Å². The van der Waals surface area contributed by atoms with Gasteiger partial charge in [0.05, 0.1) is 11.4 Å². The highest BCUT2D eigenvalue weighted by molar-refractivity contribution is 14.0. The van der Waals surface area contributed by atoms with Crippen molar-refractivity contribution in [1.29, 1.82) is 0 Å². The number of aliphatic imine (C=N–C) groups is 1. The van der Waals surface area contributed by atoms with Crippen molar-refractivity contribution in [1.82, 2.24) is 20.4 Å². The fourth-order valence-electron chi connectivity index (χ4n) is 2.56. The Labute approximate surface area is 172 Å². The summed E-state index contributed by atoms with van der Waals surface area (Å²) in [7, 11) is 1.80. The lowest BCUT2D eigenvalue weighted by Gasteiger charge is -2.15. The minimum absolute atomic E-state index is 0. The van der Waals surface area contributed by atoms with E-state index in [9.17, 15) is 0 Å². The molecule has 5 nitrogen and oxygen atoms in total. The zero-order chi connectivity index (χ0) is 17.4. The minimum atomic E-state index is 0. The fourth-order valence-corrected chi connectivity index (χ4v) is 3.00. The Morgan fingerprint density at radius 3 is 2.64 bits per heavy atom. The van der Waals surface area contributed by atoms with Gasteiger partial charge in [-0.2, -0.15) is 16.9 Å². The predicted molar refractivity (Wildman–Crippen MR) is 120 cm³/mol. The van der Waals surface area contributed by atoms with E-state index in [4.69, 9.17) is 0 Å². The highest BCUT2D eigenvalue weighted by atomic mass is 127. The van der Waals surface area contributed by atoms with Gasteiger partial charge in [0, 0.05) is 25.8 Å². The van der Waals surface area contributed by atoms with E-state index in [1.165, 1.54) is 5.56 Å². The van der Waals surface area contributed by atoms with Crippen LogP contribution < -0.4 is 10.6 Å². The highest BCUT2D eigenvalue weighted by Crippen LogP contribution is 2.16. The molecule has 0 fully saturated rings. The highest BCUT2D eigenvalue weighted by Gasteiger charge is 2.09. The first-order valence-electron chi connectivity index (χ1n) is 8.20. The monoisotopic (exact) mass is 473 g/mol. The second kappa shape index (κ2) is 11.4. The number of guanidine groups is 1. The molecule has 0 bridgehead atoms. The lowest BCUT2D eigenvalue weighted by molar-refractivity contribution is 0.770. The molecule has 0 aliphatic carbocycles. The Kier molecular flexibility index (Phi) is 9.96. The molecule has 0 atom stereocenters. The van der Waals surface area contributed by atoms with E-state index < -0.39 is 0 Å². The summed E-state index contributed by atoms with van der Waals surface area (Å²) in [6.45, 7) is 5.73. The lowest BCUT2D eigenvalue weighted by atomic mass is 10.1. The van der Waals surface area contributed by atoms with Crippen LogP contribution in [0.1, 0.15) is 23.4 Å². The number of hydrogen-bond donors (Lipinski definition) is 2. The van der Waals surface area contributed by atoms with Gasteiger partial charge >= 0.3 is 0 Å². The summed E-state index contributed by atoms with van der Waals surface area (Å²) in [5.41, 5.74) is 4.46. The van der Waals surface area contributed by atoms with Crippen LogP contribution in [0.5, 0.6) is 0 Å². The van der Waals surface area contributed by atoms with Crippen LogP contribution in [0.4, 0.5) is 0 Å². The maximum atomic E-state index is 4.60. The van der Waals surface area contributed by atoms with Gasteiger partial charge < -0.3 is 10.6 Å². The SMILES string of the molecule is CN=C(NCCCSC)NCc1ccccc1-n1nc(C)cc1C.I. The van der Waals surface area contributed by atoms with Crippen LogP contribution in [0, 0.1) is 13.8 Å². The first kappa shape index (κ1) is 21.8. The van der Waals surface area contributed by atoms with Crippen LogP contribution >= 0.6 is 35.7 Å². The summed E-state index contributed by atoms with van der Waals surface area (Å²) in [4.78, 5) is 4.29. The molecule has 0 amide bonds. The van der Waals surface area contributed by atoms with Gasteiger partial charge in [-0.05, 0) is 50.0 Å². The molecule has 2 N–H and O–H groups in total. The summed E-state index contributed by atoms with van der Waals surface area (Å²) >= 11 is 1.86. The third-order valence-electron chi connectivity index (χ3n) is 3.72. The Hall–Kier alpha value is -1.22. The Balaban J connectivity index is 0.00000312.